The number of benzene rings is 3. The third-order valence-corrected chi connectivity index (χ3v) is 4.20. The summed E-state index contributed by atoms with van der Waals surface area (Å²) in [5.74, 6) is 0.963. The number of carbonyl (C=O) groups excluding carboxylic acids is 1. The fraction of sp³-hybridized carbons (Fsp3) is 0.136. The van der Waals surface area contributed by atoms with E-state index in [1.54, 1.807) is 37.4 Å². The van der Waals surface area contributed by atoms with Gasteiger partial charge in [0.25, 0.3) is 5.91 Å². The Morgan fingerprint density at radius 2 is 1.70 bits per heavy atom. The fourth-order valence-electron chi connectivity index (χ4n) is 2.54. The molecule has 0 fully saturated rings. The molecule has 0 radical (unpaired) electrons. The molecule has 0 heterocycles. The number of halogens is 1. The maximum atomic E-state index is 12.6. The van der Waals surface area contributed by atoms with E-state index in [9.17, 15) is 4.79 Å². The van der Waals surface area contributed by atoms with Crippen molar-refractivity contribution < 1.29 is 14.3 Å². The first-order chi connectivity index (χ1) is 13.0. The van der Waals surface area contributed by atoms with Crippen LogP contribution in [-0.2, 0) is 11.3 Å². The molecule has 0 saturated carbocycles. The predicted molar refractivity (Wildman–Crippen MR) is 108 cm³/mol. The van der Waals surface area contributed by atoms with Gasteiger partial charge in [-0.1, -0.05) is 41.4 Å². The highest BCUT2D eigenvalue weighted by Gasteiger charge is 2.12. The molecule has 4 nitrogen and oxygen atoms in total. The first-order valence-corrected chi connectivity index (χ1v) is 8.86. The zero-order chi connectivity index (χ0) is 19.2. The number of ether oxygens (including phenoxy) is 2. The summed E-state index contributed by atoms with van der Waals surface area (Å²) >= 11 is 6.10. The molecule has 5 heteroatoms. The molecule has 0 aromatic heterocycles. The zero-order valence-corrected chi connectivity index (χ0v) is 15.9. The van der Waals surface area contributed by atoms with Gasteiger partial charge in [-0.2, -0.15) is 0 Å². The molecule has 0 aliphatic rings. The number of aryl methyl sites for hydroxylation is 1. The van der Waals surface area contributed by atoms with E-state index in [0.717, 1.165) is 11.1 Å². The molecular formula is C22H20ClNO3. The van der Waals surface area contributed by atoms with Crippen molar-refractivity contribution in [3.05, 3.63) is 88.4 Å². The lowest BCUT2D eigenvalue weighted by Crippen LogP contribution is -2.12. The minimum atomic E-state index is -0.241. The first-order valence-electron chi connectivity index (χ1n) is 8.48. The smallest absolute Gasteiger partial charge is 0.255 e. The topological polar surface area (TPSA) is 47.6 Å². The van der Waals surface area contributed by atoms with Gasteiger partial charge >= 0.3 is 0 Å². The second-order valence-electron chi connectivity index (χ2n) is 6.14. The Kier molecular flexibility index (Phi) is 6.12. The summed E-state index contributed by atoms with van der Waals surface area (Å²) < 4.78 is 11.0. The summed E-state index contributed by atoms with van der Waals surface area (Å²) in [4.78, 5) is 12.6. The van der Waals surface area contributed by atoms with Crippen molar-refractivity contribution in [2.24, 2.45) is 0 Å². The van der Waals surface area contributed by atoms with Gasteiger partial charge in [-0.05, 0) is 55.0 Å². The molecule has 0 aliphatic carbocycles. The highest BCUT2D eigenvalue weighted by Crippen LogP contribution is 2.32. The van der Waals surface area contributed by atoms with E-state index in [2.05, 4.69) is 5.32 Å². The Labute approximate surface area is 163 Å². The van der Waals surface area contributed by atoms with Crippen LogP contribution < -0.4 is 10.1 Å². The van der Waals surface area contributed by atoms with Crippen molar-refractivity contribution in [3.63, 3.8) is 0 Å². The minimum absolute atomic E-state index is 0.241. The summed E-state index contributed by atoms with van der Waals surface area (Å²) in [6.45, 7) is 2.51. The maximum absolute atomic E-state index is 12.6. The Balaban J connectivity index is 1.79. The Hall–Kier alpha value is -2.82. The predicted octanol–water partition coefficient (Wildman–Crippen LogP) is 5.84. The molecule has 3 aromatic carbocycles. The van der Waals surface area contributed by atoms with Gasteiger partial charge < -0.3 is 14.8 Å². The molecule has 1 amide bonds. The molecule has 0 spiro atoms. The lowest BCUT2D eigenvalue weighted by atomic mass is 10.1. The SMILES string of the molecule is COCc1ccc(C(=O)Nc2cc(Cl)ccc2Oc2ccc(C)cc2)cc1. The number of nitrogens with one attached hydrogen (secondary N) is 1. The third kappa shape index (κ3) is 5.09. The Bertz CT molecular complexity index is 921. The van der Waals surface area contributed by atoms with E-state index in [0.29, 0.717) is 34.4 Å². The number of carbonyl (C=O) groups is 1. The van der Waals surface area contributed by atoms with Crippen LogP contribution in [0.4, 0.5) is 5.69 Å². The molecule has 3 aromatic rings. The third-order valence-electron chi connectivity index (χ3n) is 3.97. The number of hydrogen-bond acceptors (Lipinski definition) is 3. The second-order valence-corrected chi connectivity index (χ2v) is 6.58. The van der Waals surface area contributed by atoms with Gasteiger partial charge in [0.1, 0.15) is 5.75 Å². The minimum Gasteiger partial charge on any atom is -0.455 e. The van der Waals surface area contributed by atoms with Crippen molar-refractivity contribution >= 4 is 23.2 Å². The van der Waals surface area contributed by atoms with Gasteiger partial charge in [0.15, 0.2) is 5.75 Å². The molecule has 1 N–H and O–H groups in total. The van der Waals surface area contributed by atoms with Crippen LogP contribution in [0.1, 0.15) is 21.5 Å². The van der Waals surface area contributed by atoms with Crippen LogP contribution >= 0.6 is 11.6 Å². The molecule has 0 saturated heterocycles. The van der Waals surface area contributed by atoms with Crippen LogP contribution in [0.25, 0.3) is 0 Å². The van der Waals surface area contributed by atoms with Crippen molar-refractivity contribution in [2.75, 3.05) is 12.4 Å². The number of amides is 1. The summed E-state index contributed by atoms with van der Waals surface area (Å²) in [5.41, 5.74) is 3.19. The highest BCUT2D eigenvalue weighted by atomic mass is 35.5. The van der Waals surface area contributed by atoms with Gasteiger partial charge in [0, 0.05) is 17.7 Å². The summed E-state index contributed by atoms with van der Waals surface area (Å²) in [7, 11) is 1.63. The monoisotopic (exact) mass is 381 g/mol. The lowest BCUT2D eigenvalue weighted by molar-refractivity contribution is 0.102. The quantitative estimate of drug-likeness (QED) is 0.583. The Morgan fingerprint density at radius 3 is 2.37 bits per heavy atom. The normalized spacial score (nSPS) is 10.5. The summed E-state index contributed by atoms with van der Waals surface area (Å²) in [6, 6.07) is 20.1. The van der Waals surface area contributed by atoms with Crippen LogP contribution in [0, 0.1) is 6.92 Å². The zero-order valence-electron chi connectivity index (χ0n) is 15.2. The van der Waals surface area contributed by atoms with Gasteiger partial charge in [-0.15, -0.1) is 0 Å². The number of methoxy groups -OCH3 is 1. The van der Waals surface area contributed by atoms with Crippen LogP contribution in [-0.4, -0.2) is 13.0 Å². The van der Waals surface area contributed by atoms with E-state index in [1.807, 2.05) is 43.3 Å². The van der Waals surface area contributed by atoms with Gasteiger partial charge in [0.05, 0.1) is 12.3 Å². The van der Waals surface area contributed by atoms with E-state index < -0.39 is 0 Å². The molecule has 27 heavy (non-hydrogen) atoms. The Morgan fingerprint density at radius 1 is 1.00 bits per heavy atom. The standard InChI is InChI=1S/C22H20ClNO3/c1-15-3-10-19(11-4-15)27-21-12-9-18(23)13-20(21)24-22(25)17-7-5-16(6-8-17)14-26-2/h3-13H,14H2,1-2H3,(H,24,25). The van der Waals surface area contributed by atoms with Gasteiger partial charge in [-0.25, -0.2) is 0 Å². The average molecular weight is 382 g/mol. The van der Waals surface area contributed by atoms with Gasteiger partial charge in [0.2, 0.25) is 0 Å². The summed E-state index contributed by atoms with van der Waals surface area (Å²) in [6.07, 6.45) is 0. The van der Waals surface area contributed by atoms with Crippen molar-refractivity contribution in [1.82, 2.24) is 0 Å². The molecule has 0 aliphatic heterocycles. The molecule has 0 atom stereocenters. The van der Waals surface area contributed by atoms with Crippen LogP contribution in [0.2, 0.25) is 5.02 Å². The fourth-order valence-corrected chi connectivity index (χ4v) is 2.71. The van der Waals surface area contributed by atoms with Crippen molar-refractivity contribution in [3.8, 4) is 11.5 Å². The van der Waals surface area contributed by atoms with E-state index in [-0.39, 0.29) is 5.91 Å². The average Bonchev–Trinajstić information content (AvgIpc) is 2.66. The molecule has 138 valence electrons. The maximum Gasteiger partial charge on any atom is 0.255 e. The second kappa shape index (κ2) is 8.71. The van der Waals surface area contributed by atoms with Crippen molar-refractivity contribution in [2.45, 2.75) is 13.5 Å². The van der Waals surface area contributed by atoms with Gasteiger partial charge in [-0.3, -0.25) is 4.79 Å². The van der Waals surface area contributed by atoms with E-state index in [1.165, 1.54) is 0 Å². The largest absolute Gasteiger partial charge is 0.455 e. The first kappa shape index (κ1) is 19.0. The number of rotatable bonds is 6. The molecule has 0 bridgehead atoms. The van der Waals surface area contributed by atoms with Crippen LogP contribution in [0.3, 0.4) is 0 Å². The summed E-state index contributed by atoms with van der Waals surface area (Å²) in [5, 5.41) is 3.38. The highest BCUT2D eigenvalue weighted by molar-refractivity contribution is 6.31. The van der Waals surface area contributed by atoms with E-state index in [4.69, 9.17) is 21.1 Å². The number of hydrogen-bond donors (Lipinski definition) is 1. The van der Waals surface area contributed by atoms with Crippen molar-refractivity contribution in [1.29, 1.82) is 0 Å². The molecule has 3 rings (SSSR count). The van der Waals surface area contributed by atoms with Crippen LogP contribution in [0.15, 0.2) is 66.7 Å². The number of anilines is 1. The molecular weight excluding hydrogens is 362 g/mol. The van der Waals surface area contributed by atoms with Crippen LogP contribution in [0.5, 0.6) is 11.5 Å². The lowest BCUT2D eigenvalue weighted by Gasteiger charge is -2.13. The van der Waals surface area contributed by atoms with E-state index >= 15 is 0 Å². The molecule has 0 unspecified atom stereocenters.